The van der Waals surface area contributed by atoms with Crippen LogP contribution in [0.2, 0.25) is 24.7 Å². The molecule has 2 heterocycles. The van der Waals surface area contributed by atoms with Gasteiger partial charge in [0.15, 0.2) is 0 Å². The highest BCUT2D eigenvalue weighted by Gasteiger charge is 2.27. The summed E-state index contributed by atoms with van der Waals surface area (Å²) in [7, 11) is 0.277. The molecule has 6 heteroatoms. The third kappa shape index (κ3) is 2.92. The minimum Gasteiger partial charge on any atom is -0.336 e. The number of nitrogens with zero attached hydrogens (tertiary/aromatic N) is 3. The molecule has 0 fully saturated rings. The molecule has 0 N–H and O–H groups in total. The number of aromatic nitrogens is 2. The molecule has 3 rings (SSSR count). The molecular weight excluding hydrogens is 326 g/mol. The van der Waals surface area contributed by atoms with Crippen molar-refractivity contribution >= 4 is 25.6 Å². The van der Waals surface area contributed by atoms with Crippen LogP contribution < -0.4 is 0 Å². The number of hydrogen-bond acceptors (Lipinski definition) is 2. The number of hydrogen-bond donors (Lipinski definition) is 0. The van der Waals surface area contributed by atoms with Gasteiger partial charge < -0.3 is 4.90 Å². The Morgan fingerprint density at radius 3 is 2.74 bits per heavy atom. The predicted octanol–water partition coefficient (Wildman–Crippen LogP) is 3.34. The van der Waals surface area contributed by atoms with E-state index in [1.54, 1.807) is 24.3 Å². The molecule has 118 valence electrons. The van der Waals surface area contributed by atoms with Crippen LogP contribution in [0.15, 0.2) is 24.5 Å². The Morgan fingerprint density at radius 1 is 1.30 bits per heavy atom. The molecule has 0 aliphatic carbocycles. The minimum atomic E-state index is -1.49. The number of fused-ring (bicyclic) bond motifs is 3. The highest BCUT2D eigenvalue weighted by Crippen LogP contribution is 2.30. The van der Waals surface area contributed by atoms with E-state index >= 15 is 0 Å². The zero-order chi connectivity index (χ0) is 16.8. The Bertz CT molecular complexity index is 855. The summed E-state index contributed by atoms with van der Waals surface area (Å²) in [6.07, 6.45) is 1.73. The molecule has 4 nitrogen and oxygen atoms in total. The van der Waals surface area contributed by atoms with Crippen molar-refractivity contribution in [2.75, 3.05) is 7.05 Å². The molecule has 0 unspecified atom stereocenters. The second kappa shape index (κ2) is 5.55. The number of carbonyl (C=O) groups excluding carboxylic acids is 1. The summed E-state index contributed by atoms with van der Waals surface area (Å²) in [5, 5.41) is 0.454. The largest absolute Gasteiger partial charge is 0.336 e. The summed E-state index contributed by atoms with van der Waals surface area (Å²) in [5.41, 5.74) is 6.27. The van der Waals surface area contributed by atoms with Crippen molar-refractivity contribution in [1.29, 1.82) is 0 Å². The third-order valence-electron chi connectivity index (χ3n) is 3.62. The van der Waals surface area contributed by atoms with Crippen LogP contribution in [0.5, 0.6) is 0 Å². The molecule has 1 aliphatic rings. The van der Waals surface area contributed by atoms with Crippen LogP contribution >= 0.6 is 11.6 Å². The number of imidazole rings is 1. The SMILES string of the molecule is CN1Cc2c(C#C[Si](C)(C)C)ncn2-c2cccc(Cl)c2C1=O. The number of benzene rings is 1. The number of halogens is 1. The maximum atomic E-state index is 12.6. The molecule has 0 saturated carbocycles. The van der Waals surface area contributed by atoms with Crippen LogP contribution in [0.25, 0.3) is 5.69 Å². The van der Waals surface area contributed by atoms with Gasteiger partial charge in [-0.1, -0.05) is 43.2 Å². The van der Waals surface area contributed by atoms with Crippen LogP contribution in [0.1, 0.15) is 21.7 Å². The molecular formula is C17H18ClN3OSi. The van der Waals surface area contributed by atoms with Crippen molar-refractivity contribution in [2.24, 2.45) is 0 Å². The fourth-order valence-corrected chi connectivity index (χ4v) is 3.24. The van der Waals surface area contributed by atoms with Gasteiger partial charge in [-0.15, -0.1) is 5.54 Å². The molecule has 1 amide bonds. The first-order chi connectivity index (χ1) is 10.8. The second-order valence-corrected chi connectivity index (χ2v) is 11.9. The summed E-state index contributed by atoms with van der Waals surface area (Å²) in [4.78, 5) is 18.7. The van der Waals surface area contributed by atoms with Gasteiger partial charge in [0.1, 0.15) is 20.1 Å². The van der Waals surface area contributed by atoms with Crippen molar-refractivity contribution < 1.29 is 4.79 Å². The lowest BCUT2D eigenvalue weighted by Gasteiger charge is -2.14. The third-order valence-corrected chi connectivity index (χ3v) is 4.81. The maximum absolute atomic E-state index is 12.6. The molecule has 1 aliphatic heterocycles. The van der Waals surface area contributed by atoms with Crippen molar-refractivity contribution in [3.05, 3.63) is 46.5 Å². The first kappa shape index (κ1) is 15.8. The zero-order valence-electron chi connectivity index (χ0n) is 13.6. The Morgan fingerprint density at radius 2 is 2.04 bits per heavy atom. The van der Waals surface area contributed by atoms with Crippen LogP contribution in [-0.2, 0) is 6.54 Å². The first-order valence-corrected chi connectivity index (χ1v) is 11.3. The first-order valence-electron chi connectivity index (χ1n) is 7.41. The summed E-state index contributed by atoms with van der Waals surface area (Å²) >= 11 is 6.27. The molecule has 1 aromatic carbocycles. The summed E-state index contributed by atoms with van der Waals surface area (Å²) < 4.78 is 1.93. The van der Waals surface area contributed by atoms with Gasteiger partial charge in [0, 0.05) is 7.05 Å². The molecule has 0 saturated heterocycles. The molecule has 0 atom stereocenters. The van der Waals surface area contributed by atoms with Crippen LogP contribution in [-0.4, -0.2) is 35.5 Å². The van der Waals surface area contributed by atoms with Gasteiger partial charge >= 0.3 is 0 Å². The van der Waals surface area contributed by atoms with Gasteiger partial charge in [-0.05, 0) is 12.1 Å². The molecule has 0 radical (unpaired) electrons. The highest BCUT2D eigenvalue weighted by atomic mass is 35.5. The van der Waals surface area contributed by atoms with E-state index in [0.29, 0.717) is 17.1 Å². The molecule has 1 aromatic heterocycles. The quantitative estimate of drug-likeness (QED) is 0.543. The van der Waals surface area contributed by atoms with Gasteiger partial charge in [-0.3, -0.25) is 9.36 Å². The fraction of sp³-hybridized carbons (Fsp3) is 0.294. The second-order valence-electron chi connectivity index (χ2n) is 6.71. The van der Waals surface area contributed by atoms with E-state index in [-0.39, 0.29) is 5.91 Å². The van der Waals surface area contributed by atoms with Crippen molar-refractivity contribution in [2.45, 2.75) is 26.2 Å². The topological polar surface area (TPSA) is 38.1 Å². The lowest BCUT2D eigenvalue weighted by atomic mass is 10.1. The Kier molecular flexibility index (Phi) is 3.83. The van der Waals surface area contributed by atoms with E-state index in [0.717, 1.165) is 17.1 Å². The number of carbonyl (C=O) groups is 1. The smallest absolute Gasteiger partial charge is 0.257 e. The minimum absolute atomic E-state index is 0.0848. The molecule has 0 spiro atoms. The number of rotatable bonds is 0. The predicted molar refractivity (Wildman–Crippen MR) is 94.6 cm³/mol. The lowest BCUT2D eigenvalue weighted by Crippen LogP contribution is -2.25. The van der Waals surface area contributed by atoms with Crippen molar-refractivity contribution in [3.63, 3.8) is 0 Å². The van der Waals surface area contributed by atoms with E-state index in [9.17, 15) is 4.79 Å². The molecule has 0 bridgehead atoms. The summed E-state index contributed by atoms with van der Waals surface area (Å²) in [6, 6.07) is 5.47. The van der Waals surface area contributed by atoms with Crippen LogP contribution in [0.3, 0.4) is 0 Å². The summed E-state index contributed by atoms with van der Waals surface area (Å²) in [6.45, 7) is 7.04. The highest BCUT2D eigenvalue weighted by molar-refractivity contribution is 6.83. The zero-order valence-corrected chi connectivity index (χ0v) is 15.4. The average Bonchev–Trinajstić information content (AvgIpc) is 2.81. The average molecular weight is 344 g/mol. The van der Waals surface area contributed by atoms with E-state index < -0.39 is 8.07 Å². The molecule has 23 heavy (non-hydrogen) atoms. The number of amides is 1. The van der Waals surface area contributed by atoms with Crippen LogP contribution in [0, 0.1) is 11.5 Å². The van der Waals surface area contributed by atoms with Gasteiger partial charge in [-0.2, -0.15) is 0 Å². The van der Waals surface area contributed by atoms with Gasteiger partial charge in [-0.25, -0.2) is 4.98 Å². The van der Waals surface area contributed by atoms with Gasteiger partial charge in [0.2, 0.25) is 0 Å². The fourth-order valence-electron chi connectivity index (χ4n) is 2.50. The van der Waals surface area contributed by atoms with Gasteiger partial charge in [0.05, 0.1) is 28.5 Å². The maximum Gasteiger partial charge on any atom is 0.257 e. The van der Waals surface area contributed by atoms with Gasteiger partial charge in [0.25, 0.3) is 5.91 Å². The lowest BCUT2D eigenvalue weighted by molar-refractivity contribution is 0.0788. The Balaban J connectivity index is 2.22. The Labute approximate surface area is 142 Å². The summed E-state index contributed by atoms with van der Waals surface area (Å²) in [5.74, 6) is 3.13. The molecule has 2 aromatic rings. The van der Waals surface area contributed by atoms with E-state index in [2.05, 4.69) is 36.1 Å². The monoisotopic (exact) mass is 343 g/mol. The van der Waals surface area contributed by atoms with E-state index in [1.807, 2.05) is 16.7 Å². The normalized spacial score (nSPS) is 13.8. The van der Waals surface area contributed by atoms with Crippen molar-refractivity contribution in [1.82, 2.24) is 14.5 Å². The van der Waals surface area contributed by atoms with E-state index in [1.165, 1.54) is 0 Å². The van der Waals surface area contributed by atoms with Crippen molar-refractivity contribution in [3.8, 4) is 17.2 Å². The van der Waals surface area contributed by atoms with E-state index in [4.69, 9.17) is 11.6 Å². The standard InChI is InChI=1S/C17H18ClN3OSi/c1-20-10-15-13(8-9-23(2,3)4)19-11-21(15)14-7-5-6-12(18)16(14)17(20)22/h5-7,11H,10H2,1-4H3. The Hall–Kier alpha value is -2.03. The van der Waals surface area contributed by atoms with Crippen LogP contribution in [0.4, 0.5) is 0 Å².